The summed E-state index contributed by atoms with van der Waals surface area (Å²) in [4.78, 5) is 5.88. The van der Waals surface area contributed by atoms with Gasteiger partial charge in [-0.3, -0.25) is 0 Å². The Balaban J connectivity index is 1.50. The minimum atomic E-state index is 0.704. The zero-order chi connectivity index (χ0) is 10.8. The van der Waals surface area contributed by atoms with Crippen LogP contribution in [0.2, 0.25) is 0 Å². The van der Waals surface area contributed by atoms with Crippen molar-refractivity contribution < 1.29 is 4.74 Å². The van der Waals surface area contributed by atoms with Crippen molar-refractivity contribution in [1.29, 1.82) is 0 Å². The maximum atomic E-state index is 5.39. The van der Waals surface area contributed by atoms with E-state index in [0.717, 1.165) is 32.2 Å². The molecule has 1 aliphatic carbocycles. The first-order chi connectivity index (χ1) is 7.90. The molecule has 2 heterocycles. The molecule has 0 bridgehead atoms. The van der Waals surface area contributed by atoms with Crippen molar-refractivity contribution in [2.45, 2.75) is 38.3 Å². The Kier molecular flexibility index (Phi) is 3.22. The van der Waals surface area contributed by atoms with E-state index < -0.39 is 0 Å². The Labute approximate surface area is 100 Å². The van der Waals surface area contributed by atoms with Crippen LogP contribution in [0.1, 0.15) is 29.1 Å². The Bertz CT molecular complexity index is 343. The van der Waals surface area contributed by atoms with E-state index in [1.807, 2.05) is 17.5 Å². The van der Waals surface area contributed by atoms with E-state index in [1.165, 1.54) is 29.1 Å². The normalized spacial score (nSPS) is 25.1. The van der Waals surface area contributed by atoms with Crippen LogP contribution in [0.4, 0.5) is 0 Å². The molecule has 1 saturated heterocycles. The molecule has 88 valence electrons. The predicted octanol–water partition coefficient (Wildman–Crippen LogP) is 1.97. The van der Waals surface area contributed by atoms with Crippen molar-refractivity contribution in [2.24, 2.45) is 5.92 Å². The monoisotopic (exact) mass is 238 g/mol. The maximum absolute atomic E-state index is 5.39. The van der Waals surface area contributed by atoms with E-state index in [-0.39, 0.29) is 0 Å². The second-order valence-electron chi connectivity index (χ2n) is 4.81. The van der Waals surface area contributed by atoms with Crippen molar-refractivity contribution in [2.75, 3.05) is 13.2 Å². The quantitative estimate of drug-likeness (QED) is 0.851. The Hall–Kier alpha value is -0.450. The molecular formula is C12H18N2OS. The molecule has 1 aliphatic heterocycles. The van der Waals surface area contributed by atoms with Crippen LogP contribution in [0.15, 0.2) is 6.20 Å². The summed E-state index contributed by atoms with van der Waals surface area (Å²) in [7, 11) is 0. The zero-order valence-corrected chi connectivity index (χ0v) is 10.3. The Morgan fingerprint density at radius 1 is 1.44 bits per heavy atom. The molecule has 1 atom stereocenters. The van der Waals surface area contributed by atoms with Gasteiger partial charge in [-0.15, -0.1) is 11.3 Å². The highest BCUT2D eigenvalue weighted by Crippen LogP contribution is 2.23. The van der Waals surface area contributed by atoms with Gasteiger partial charge in [0.15, 0.2) is 0 Å². The van der Waals surface area contributed by atoms with Gasteiger partial charge >= 0.3 is 0 Å². The predicted molar refractivity (Wildman–Crippen MR) is 64.6 cm³/mol. The van der Waals surface area contributed by atoms with Crippen molar-refractivity contribution in [3.05, 3.63) is 16.1 Å². The minimum Gasteiger partial charge on any atom is -0.381 e. The van der Waals surface area contributed by atoms with Crippen LogP contribution in [0, 0.1) is 5.92 Å². The fourth-order valence-corrected chi connectivity index (χ4v) is 3.04. The summed E-state index contributed by atoms with van der Waals surface area (Å²) in [5.41, 5.74) is 0. The molecule has 1 aromatic rings. The molecule has 1 saturated carbocycles. The summed E-state index contributed by atoms with van der Waals surface area (Å²) in [5, 5.41) is 4.81. The van der Waals surface area contributed by atoms with Crippen LogP contribution in [-0.4, -0.2) is 24.2 Å². The fourth-order valence-electron chi connectivity index (χ4n) is 2.05. The molecule has 0 amide bonds. The number of rotatable bonds is 5. The van der Waals surface area contributed by atoms with Crippen molar-refractivity contribution in [3.8, 4) is 0 Å². The van der Waals surface area contributed by atoms with Crippen LogP contribution >= 0.6 is 11.3 Å². The van der Waals surface area contributed by atoms with Crippen molar-refractivity contribution in [1.82, 2.24) is 10.3 Å². The van der Waals surface area contributed by atoms with E-state index in [2.05, 4.69) is 10.3 Å². The standard InChI is InChI=1S/C12H18N2OS/c1-2-10(1)13-6-11-7-14-12(16-11)5-9-3-4-15-8-9/h7,9-10,13H,1-6,8H2. The molecule has 1 N–H and O–H groups in total. The molecule has 1 unspecified atom stereocenters. The highest BCUT2D eigenvalue weighted by molar-refractivity contribution is 7.11. The van der Waals surface area contributed by atoms with Gasteiger partial charge in [0.1, 0.15) is 0 Å². The lowest BCUT2D eigenvalue weighted by Gasteiger charge is -2.02. The van der Waals surface area contributed by atoms with E-state index in [0.29, 0.717) is 5.92 Å². The van der Waals surface area contributed by atoms with E-state index >= 15 is 0 Å². The molecule has 3 rings (SSSR count). The molecule has 0 aromatic carbocycles. The molecule has 2 fully saturated rings. The third-order valence-electron chi connectivity index (χ3n) is 3.23. The number of aromatic nitrogens is 1. The molecular weight excluding hydrogens is 220 g/mol. The topological polar surface area (TPSA) is 34.1 Å². The summed E-state index contributed by atoms with van der Waals surface area (Å²) < 4.78 is 5.39. The Morgan fingerprint density at radius 2 is 2.38 bits per heavy atom. The van der Waals surface area contributed by atoms with E-state index in [4.69, 9.17) is 4.74 Å². The third-order valence-corrected chi connectivity index (χ3v) is 4.25. The number of nitrogens with zero attached hydrogens (tertiary/aromatic N) is 1. The first kappa shape index (κ1) is 10.7. The molecule has 3 nitrogen and oxygen atoms in total. The van der Waals surface area contributed by atoms with Gasteiger partial charge in [-0.05, 0) is 25.2 Å². The third kappa shape index (κ3) is 2.81. The van der Waals surface area contributed by atoms with Crippen LogP contribution in [0.25, 0.3) is 0 Å². The van der Waals surface area contributed by atoms with Crippen LogP contribution in [0.5, 0.6) is 0 Å². The lowest BCUT2D eigenvalue weighted by atomic mass is 10.1. The smallest absolute Gasteiger partial charge is 0.0931 e. The van der Waals surface area contributed by atoms with Gasteiger partial charge in [0, 0.05) is 43.3 Å². The number of hydrogen-bond donors (Lipinski definition) is 1. The van der Waals surface area contributed by atoms with Gasteiger partial charge in [-0.25, -0.2) is 4.98 Å². The number of ether oxygens (including phenoxy) is 1. The summed E-state index contributed by atoms with van der Waals surface area (Å²) in [6.07, 6.45) is 7.05. The average Bonchev–Trinajstić information content (AvgIpc) is 2.78. The largest absolute Gasteiger partial charge is 0.381 e. The SMILES string of the molecule is c1nc(CC2CCOC2)sc1CNC1CC1. The lowest BCUT2D eigenvalue weighted by molar-refractivity contribution is 0.186. The van der Waals surface area contributed by atoms with E-state index in [1.54, 1.807) is 0 Å². The van der Waals surface area contributed by atoms with Gasteiger partial charge in [-0.2, -0.15) is 0 Å². The van der Waals surface area contributed by atoms with E-state index in [9.17, 15) is 0 Å². The summed E-state index contributed by atoms with van der Waals surface area (Å²) in [6, 6.07) is 0.786. The second kappa shape index (κ2) is 4.82. The fraction of sp³-hybridized carbons (Fsp3) is 0.750. The van der Waals surface area contributed by atoms with Crippen LogP contribution in [-0.2, 0) is 17.7 Å². The summed E-state index contributed by atoms with van der Waals surface area (Å²) >= 11 is 1.86. The van der Waals surface area contributed by atoms with Crippen LogP contribution in [0.3, 0.4) is 0 Å². The highest BCUT2D eigenvalue weighted by Gasteiger charge is 2.21. The van der Waals surface area contributed by atoms with Crippen molar-refractivity contribution >= 4 is 11.3 Å². The lowest BCUT2D eigenvalue weighted by Crippen LogP contribution is -2.14. The van der Waals surface area contributed by atoms with Crippen molar-refractivity contribution in [3.63, 3.8) is 0 Å². The van der Waals surface area contributed by atoms with Gasteiger partial charge in [0.05, 0.1) is 5.01 Å². The molecule has 2 aliphatic rings. The molecule has 0 radical (unpaired) electrons. The summed E-state index contributed by atoms with van der Waals surface area (Å²) in [6.45, 7) is 2.87. The number of hydrogen-bond acceptors (Lipinski definition) is 4. The first-order valence-corrected chi connectivity index (χ1v) is 6.96. The average molecular weight is 238 g/mol. The second-order valence-corrected chi connectivity index (χ2v) is 6.01. The van der Waals surface area contributed by atoms with Gasteiger partial charge in [0.2, 0.25) is 0 Å². The molecule has 16 heavy (non-hydrogen) atoms. The zero-order valence-electron chi connectivity index (χ0n) is 9.45. The first-order valence-electron chi connectivity index (χ1n) is 6.15. The van der Waals surface area contributed by atoms with Gasteiger partial charge < -0.3 is 10.1 Å². The van der Waals surface area contributed by atoms with Gasteiger partial charge in [-0.1, -0.05) is 0 Å². The highest BCUT2D eigenvalue weighted by atomic mass is 32.1. The molecule has 0 spiro atoms. The van der Waals surface area contributed by atoms with Crippen LogP contribution < -0.4 is 5.32 Å². The minimum absolute atomic E-state index is 0.704. The Morgan fingerprint density at radius 3 is 3.12 bits per heavy atom. The molecule has 4 heteroatoms. The van der Waals surface area contributed by atoms with Gasteiger partial charge in [0.25, 0.3) is 0 Å². The summed E-state index contributed by atoms with van der Waals surface area (Å²) in [5.74, 6) is 0.704. The number of nitrogens with one attached hydrogen (secondary N) is 1. The number of thiazole rings is 1. The maximum Gasteiger partial charge on any atom is 0.0931 e. The molecule has 1 aromatic heterocycles.